The molecule has 0 aliphatic carbocycles. The molecule has 164 valence electrons. The third-order valence-corrected chi connectivity index (χ3v) is 5.09. The topological polar surface area (TPSA) is 67.2 Å². The molecule has 1 aromatic heterocycles. The van der Waals surface area contributed by atoms with Crippen molar-refractivity contribution in [1.82, 2.24) is 14.7 Å². The summed E-state index contributed by atoms with van der Waals surface area (Å²) in [4.78, 5) is 27.1. The molecule has 0 aliphatic heterocycles. The maximum Gasteiger partial charge on any atom is 0.255 e. The molecule has 0 fully saturated rings. The maximum absolute atomic E-state index is 12.9. The Bertz CT molecular complexity index is 940. The highest BCUT2D eigenvalue weighted by Gasteiger charge is 2.27. The highest BCUT2D eigenvalue weighted by Crippen LogP contribution is 2.28. The minimum absolute atomic E-state index is 0.103. The van der Waals surface area contributed by atoms with Crippen molar-refractivity contribution in [3.05, 3.63) is 45.6 Å². The minimum atomic E-state index is -0.325. The molecule has 1 N–H and O–H groups in total. The number of nitrogens with one attached hydrogen (secondary N) is 1. The van der Waals surface area contributed by atoms with Gasteiger partial charge in [-0.3, -0.25) is 9.59 Å². The lowest BCUT2D eigenvalue weighted by atomic mass is 9.92. The monoisotopic (exact) mass is 452 g/mol. The number of likely N-dealkylation sites (N-methyl/N-ethyl adjacent to an activating group) is 1. The largest absolute Gasteiger partial charge is 0.330 e. The van der Waals surface area contributed by atoms with E-state index in [-0.39, 0.29) is 34.3 Å². The van der Waals surface area contributed by atoms with E-state index in [0.717, 1.165) is 5.69 Å². The molecule has 0 atom stereocenters. The van der Waals surface area contributed by atoms with Crippen molar-refractivity contribution in [2.24, 2.45) is 0 Å². The first-order valence-corrected chi connectivity index (χ1v) is 10.6. The molecular formula is C22H30Cl2N4O2. The van der Waals surface area contributed by atoms with Crippen molar-refractivity contribution < 1.29 is 9.59 Å². The van der Waals surface area contributed by atoms with Crippen LogP contribution < -0.4 is 5.32 Å². The Morgan fingerprint density at radius 1 is 1.10 bits per heavy atom. The van der Waals surface area contributed by atoms with Gasteiger partial charge in [-0.2, -0.15) is 5.10 Å². The summed E-state index contributed by atoms with van der Waals surface area (Å²) in [5.74, 6) is -0.0272. The summed E-state index contributed by atoms with van der Waals surface area (Å²) >= 11 is 12.1. The van der Waals surface area contributed by atoms with Crippen LogP contribution in [0.1, 0.15) is 64.5 Å². The number of hydrogen-bond donors (Lipinski definition) is 1. The summed E-state index contributed by atoms with van der Waals surface area (Å²) in [6.45, 7) is 14.3. The first kappa shape index (κ1) is 24.2. The molecule has 2 rings (SSSR count). The molecule has 1 heterocycles. The molecule has 2 amide bonds. The van der Waals surface area contributed by atoms with Crippen LogP contribution in [0.25, 0.3) is 0 Å². The van der Waals surface area contributed by atoms with Gasteiger partial charge in [-0.15, -0.1) is 0 Å². The number of carbonyl (C=O) groups excluding carboxylic acids is 2. The van der Waals surface area contributed by atoms with Gasteiger partial charge in [-0.05, 0) is 45.9 Å². The van der Waals surface area contributed by atoms with Crippen LogP contribution >= 0.6 is 23.2 Å². The number of benzene rings is 1. The van der Waals surface area contributed by atoms with Crippen molar-refractivity contribution in [3.8, 4) is 0 Å². The lowest BCUT2D eigenvalue weighted by Crippen LogP contribution is -2.38. The zero-order chi connectivity index (χ0) is 22.9. The number of nitrogens with zero attached hydrogens (tertiary/aromatic N) is 3. The van der Waals surface area contributed by atoms with Crippen LogP contribution in [-0.2, 0) is 15.7 Å². The van der Waals surface area contributed by atoms with Crippen LogP contribution in [0.15, 0.2) is 24.3 Å². The van der Waals surface area contributed by atoms with Crippen molar-refractivity contribution in [3.63, 3.8) is 0 Å². The number of hydrogen-bond acceptors (Lipinski definition) is 3. The van der Waals surface area contributed by atoms with Gasteiger partial charge in [0.05, 0.1) is 21.8 Å². The number of carbonyl (C=O) groups is 2. The maximum atomic E-state index is 12.9. The van der Waals surface area contributed by atoms with E-state index >= 15 is 0 Å². The van der Waals surface area contributed by atoms with E-state index in [4.69, 9.17) is 28.3 Å². The zero-order valence-electron chi connectivity index (χ0n) is 18.6. The van der Waals surface area contributed by atoms with E-state index in [1.165, 1.54) is 11.0 Å². The van der Waals surface area contributed by atoms with Gasteiger partial charge in [0.25, 0.3) is 5.91 Å². The predicted molar refractivity (Wildman–Crippen MR) is 123 cm³/mol. The number of rotatable bonds is 5. The van der Waals surface area contributed by atoms with Crippen LogP contribution in [0.4, 0.5) is 5.82 Å². The van der Waals surface area contributed by atoms with Crippen molar-refractivity contribution >= 4 is 40.8 Å². The second-order valence-corrected chi connectivity index (χ2v) is 10.1. The zero-order valence-corrected chi connectivity index (χ0v) is 20.1. The van der Waals surface area contributed by atoms with Gasteiger partial charge in [0.1, 0.15) is 12.4 Å². The van der Waals surface area contributed by atoms with Crippen LogP contribution in [0.5, 0.6) is 0 Å². The summed E-state index contributed by atoms with van der Waals surface area (Å²) in [5, 5.41) is 8.32. The smallest absolute Gasteiger partial charge is 0.255 e. The fourth-order valence-corrected chi connectivity index (χ4v) is 3.35. The van der Waals surface area contributed by atoms with Gasteiger partial charge in [-0.1, -0.05) is 44.0 Å². The summed E-state index contributed by atoms with van der Waals surface area (Å²) in [7, 11) is 0. The second-order valence-electron chi connectivity index (χ2n) is 9.24. The summed E-state index contributed by atoms with van der Waals surface area (Å²) < 4.78 is 1.81. The van der Waals surface area contributed by atoms with E-state index in [1.807, 2.05) is 33.8 Å². The van der Waals surface area contributed by atoms with Crippen LogP contribution in [0, 0.1) is 0 Å². The minimum Gasteiger partial charge on any atom is -0.330 e. The van der Waals surface area contributed by atoms with Crippen molar-refractivity contribution in [2.75, 3.05) is 18.4 Å². The highest BCUT2D eigenvalue weighted by molar-refractivity contribution is 6.36. The van der Waals surface area contributed by atoms with Gasteiger partial charge < -0.3 is 10.2 Å². The Labute approximate surface area is 188 Å². The summed E-state index contributed by atoms with van der Waals surface area (Å²) in [6, 6.07) is 6.57. The standard InChI is InChI=1S/C22H30Cl2N4O2/c1-8-27(20(30)15-10-9-14(23)11-16(15)24)13-19(29)25-18-12-17(21(2,3)4)26-28(18)22(5,6)7/h9-12H,8,13H2,1-7H3,(H,25,29). The number of amides is 2. The Balaban J connectivity index is 2.23. The molecule has 0 saturated carbocycles. The lowest BCUT2D eigenvalue weighted by Gasteiger charge is -2.24. The molecule has 6 nitrogen and oxygen atoms in total. The highest BCUT2D eigenvalue weighted by atomic mass is 35.5. The van der Waals surface area contributed by atoms with Gasteiger partial charge in [-0.25, -0.2) is 4.68 Å². The molecule has 0 aliphatic rings. The van der Waals surface area contributed by atoms with Gasteiger partial charge in [0.15, 0.2) is 0 Å². The van der Waals surface area contributed by atoms with Crippen LogP contribution in [-0.4, -0.2) is 39.6 Å². The lowest BCUT2D eigenvalue weighted by molar-refractivity contribution is -0.116. The molecule has 0 radical (unpaired) electrons. The number of anilines is 1. The van der Waals surface area contributed by atoms with Crippen LogP contribution in [0.3, 0.4) is 0 Å². The Kier molecular flexibility index (Phi) is 7.25. The predicted octanol–water partition coefficient (Wildman–Crippen LogP) is 5.34. The van der Waals surface area contributed by atoms with E-state index in [9.17, 15) is 9.59 Å². The molecular weight excluding hydrogens is 423 g/mol. The molecule has 8 heteroatoms. The molecule has 0 bridgehead atoms. The first-order valence-electron chi connectivity index (χ1n) is 9.89. The average molecular weight is 453 g/mol. The molecule has 0 spiro atoms. The molecule has 0 saturated heterocycles. The van der Waals surface area contributed by atoms with E-state index in [1.54, 1.807) is 16.8 Å². The SMILES string of the molecule is CCN(CC(=O)Nc1cc(C(C)(C)C)nn1C(C)(C)C)C(=O)c1ccc(Cl)cc1Cl. The molecule has 0 unspecified atom stereocenters. The first-order chi connectivity index (χ1) is 13.7. The van der Waals surface area contributed by atoms with Gasteiger partial charge in [0, 0.05) is 23.0 Å². The quantitative estimate of drug-likeness (QED) is 0.664. The second kappa shape index (κ2) is 8.98. The van der Waals surface area contributed by atoms with E-state index < -0.39 is 0 Å². The summed E-state index contributed by atoms with van der Waals surface area (Å²) in [6.07, 6.45) is 0. The third-order valence-electron chi connectivity index (χ3n) is 4.55. The van der Waals surface area contributed by atoms with Gasteiger partial charge >= 0.3 is 0 Å². The Morgan fingerprint density at radius 2 is 1.73 bits per heavy atom. The fraction of sp³-hybridized carbons (Fsp3) is 0.500. The molecule has 30 heavy (non-hydrogen) atoms. The van der Waals surface area contributed by atoms with E-state index in [0.29, 0.717) is 22.9 Å². The van der Waals surface area contributed by atoms with Crippen molar-refractivity contribution in [2.45, 2.75) is 59.4 Å². The van der Waals surface area contributed by atoms with Crippen molar-refractivity contribution in [1.29, 1.82) is 0 Å². The summed E-state index contributed by atoms with van der Waals surface area (Å²) in [5.41, 5.74) is 0.713. The number of halogens is 2. The third kappa shape index (κ3) is 5.76. The molecule has 2 aromatic rings. The number of aromatic nitrogens is 2. The van der Waals surface area contributed by atoms with E-state index in [2.05, 4.69) is 26.1 Å². The van der Waals surface area contributed by atoms with Crippen LogP contribution in [0.2, 0.25) is 10.0 Å². The average Bonchev–Trinajstić information content (AvgIpc) is 3.03. The normalized spacial score (nSPS) is 12.0. The fourth-order valence-electron chi connectivity index (χ4n) is 2.86. The molecule has 1 aromatic carbocycles. The Hall–Kier alpha value is -2.05. The Morgan fingerprint density at radius 3 is 2.23 bits per heavy atom. The van der Waals surface area contributed by atoms with Gasteiger partial charge in [0.2, 0.25) is 5.91 Å².